The molecule has 1 unspecified atom stereocenters. The number of carbonyl (C=O) groups is 2. The third-order valence-corrected chi connectivity index (χ3v) is 3.90. The predicted molar refractivity (Wildman–Crippen MR) is 77.7 cm³/mol. The first kappa shape index (κ1) is 13.1. The van der Waals surface area contributed by atoms with E-state index in [0.29, 0.717) is 6.42 Å². The maximum absolute atomic E-state index is 12.1. The van der Waals surface area contributed by atoms with Crippen LogP contribution in [0.25, 0.3) is 0 Å². The minimum atomic E-state index is -0.0838. The van der Waals surface area contributed by atoms with Crippen molar-refractivity contribution in [2.24, 2.45) is 0 Å². The van der Waals surface area contributed by atoms with Gasteiger partial charge in [0, 0.05) is 17.8 Å². The van der Waals surface area contributed by atoms with Crippen molar-refractivity contribution < 1.29 is 9.59 Å². The SMILES string of the molecule is O=C1CCc2cc(NC(=O)C3CCCCN3)ccc2N1. The Labute approximate surface area is 118 Å². The van der Waals surface area contributed by atoms with Crippen molar-refractivity contribution in [1.29, 1.82) is 0 Å². The summed E-state index contributed by atoms with van der Waals surface area (Å²) in [4.78, 5) is 23.5. The maximum atomic E-state index is 12.1. The molecule has 5 nitrogen and oxygen atoms in total. The Morgan fingerprint density at radius 1 is 1.25 bits per heavy atom. The molecule has 0 spiro atoms. The van der Waals surface area contributed by atoms with Crippen molar-refractivity contribution in [1.82, 2.24) is 5.32 Å². The zero-order valence-corrected chi connectivity index (χ0v) is 11.4. The van der Waals surface area contributed by atoms with Crippen molar-refractivity contribution in [3.05, 3.63) is 23.8 Å². The minimum absolute atomic E-state index is 0.0319. The third kappa shape index (κ3) is 2.82. The second kappa shape index (κ2) is 5.63. The zero-order valence-electron chi connectivity index (χ0n) is 11.4. The molecule has 20 heavy (non-hydrogen) atoms. The van der Waals surface area contributed by atoms with Gasteiger partial charge in [-0.2, -0.15) is 0 Å². The molecule has 0 radical (unpaired) electrons. The first-order valence-corrected chi connectivity index (χ1v) is 7.19. The van der Waals surface area contributed by atoms with Crippen molar-refractivity contribution >= 4 is 23.2 Å². The van der Waals surface area contributed by atoms with Gasteiger partial charge in [0.1, 0.15) is 0 Å². The Hall–Kier alpha value is -1.88. The molecule has 0 bridgehead atoms. The molecule has 1 fully saturated rings. The molecule has 3 rings (SSSR count). The molecule has 0 saturated carbocycles. The molecule has 5 heteroatoms. The van der Waals surface area contributed by atoms with E-state index in [9.17, 15) is 9.59 Å². The molecule has 0 aromatic heterocycles. The van der Waals surface area contributed by atoms with E-state index < -0.39 is 0 Å². The summed E-state index contributed by atoms with van der Waals surface area (Å²) in [5.74, 6) is 0.0881. The normalized spacial score (nSPS) is 21.8. The highest BCUT2D eigenvalue weighted by molar-refractivity contribution is 5.97. The monoisotopic (exact) mass is 273 g/mol. The fraction of sp³-hybridized carbons (Fsp3) is 0.467. The summed E-state index contributed by atoms with van der Waals surface area (Å²) in [5, 5.41) is 9.04. The van der Waals surface area contributed by atoms with Crippen LogP contribution in [0.15, 0.2) is 18.2 Å². The van der Waals surface area contributed by atoms with E-state index in [0.717, 1.165) is 49.2 Å². The Kier molecular flexibility index (Phi) is 3.69. The second-order valence-corrected chi connectivity index (χ2v) is 5.41. The molecular weight excluding hydrogens is 254 g/mol. The number of rotatable bonds is 2. The highest BCUT2D eigenvalue weighted by Crippen LogP contribution is 2.25. The van der Waals surface area contributed by atoms with Crippen molar-refractivity contribution in [2.45, 2.75) is 38.1 Å². The Bertz CT molecular complexity index is 536. The summed E-state index contributed by atoms with van der Waals surface area (Å²) >= 11 is 0. The number of anilines is 2. The van der Waals surface area contributed by atoms with E-state index in [1.807, 2.05) is 18.2 Å². The number of hydrogen-bond donors (Lipinski definition) is 3. The van der Waals surface area contributed by atoms with Gasteiger partial charge in [-0.3, -0.25) is 9.59 Å². The Balaban J connectivity index is 1.68. The van der Waals surface area contributed by atoms with Gasteiger partial charge in [0.15, 0.2) is 0 Å². The molecule has 1 saturated heterocycles. The number of fused-ring (bicyclic) bond motifs is 1. The molecule has 2 aliphatic heterocycles. The minimum Gasteiger partial charge on any atom is -0.326 e. The lowest BCUT2D eigenvalue weighted by molar-refractivity contribution is -0.118. The summed E-state index contributed by atoms with van der Waals surface area (Å²) in [7, 11) is 0. The van der Waals surface area contributed by atoms with E-state index in [2.05, 4.69) is 16.0 Å². The molecule has 1 aromatic rings. The summed E-state index contributed by atoms with van der Waals surface area (Å²) in [6.45, 7) is 0.911. The van der Waals surface area contributed by atoms with Crippen LogP contribution < -0.4 is 16.0 Å². The second-order valence-electron chi connectivity index (χ2n) is 5.41. The van der Waals surface area contributed by atoms with Gasteiger partial charge in [-0.1, -0.05) is 6.42 Å². The van der Waals surface area contributed by atoms with Crippen LogP contribution >= 0.6 is 0 Å². The van der Waals surface area contributed by atoms with Crippen LogP contribution in [-0.4, -0.2) is 24.4 Å². The molecule has 1 aromatic carbocycles. The van der Waals surface area contributed by atoms with E-state index >= 15 is 0 Å². The van der Waals surface area contributed by atoms with Crippen molar-refractivity contribution in [3.63, 3.8) is 0 Å². The summed E-state index contributed by atoms with van der Waals surface area (Å²) < 4.78 is 0. The molecule has 2 heterocycles. The predicted octanol–water partition coefficient (Wildman–Crippen LogP) is 1.65. The summed E-state index contributed by atoms with van der Waals surface area (Å²) in [5.41, 5.74) is 2.74. The maximum Gasteiger partial charge on any atom is 0.241 e. The number of nitrogens with one attached hydrogen (secondary N) is 3. The van der Waals surface area contributed by atoms with Crippen LogP contribution in [0.3, 0.4) is 0 Å². The largest absolute Gasteiger partial charge is 0.326 e. The molecule has 0 aliphatic carbocycles. The van der Waals surface area contributed by atoms with Gasteiger partial charge < -0.3 is 16.0 Å². The molecule has 1 atom stereocenters. The van der Waals surface area contributed by atoms with Gasteiger partial charge in [0.05, 0.1) is 6.04 Å². The Morgan fingerprint density at radius 3 is 2.95 bits per heavy atom. The van der Waals surface area contributed by atoms with Crippen LogP contribution in [0, 0.1) is 0 Å². The number of benzene rings is 1. The lowest BCUT2D eigenvalue weighted by Gasteiger charge is -2.23. The first-order chi connectivity index (χ1) is 9.72. The van der Waals surface area contributed by atoms with E-state index in [1.54, 1.807) is 0 Å². The zero-order chi connectivity index (χ0) is 13.9. The van der Waals surface area contributed by atoms with E-state index in [1.165, 1.54) is 0 Å². The van der Waals surface area contributed by atoms with Gasteiger partial charge in [-0.25, -0.2) is 0 Å². The number of carbonyl (C=O) groups excluding carboxylic acids is 2. The van der Waals surface area contributed by atoms with E-state index in [-0.39, 0.29) is 17.9 Å². The van der Waals surface area contributed by atoms with Crippen LogP contribution in [0.4, 0.5) is 11.4 Å². The van der Waals surface area contributed by atoms with Crippen LogP contribution in [-0.2, 0) is 16.0 Å². The lowest BCUT2D eigenvalue weighted by atomic mass is 10.0. The molecule has 3 N–H and O–H groups in total. The molecular formula is C15H19N3O2. The standard InChI is InChI=1S/C15H19N3O2/c19-14-7-4-10-9-11(5-6-12(10)18-14)17-15(20)13-3-1-2-8-16-13/h5-6,9,13,16H,1-4,7-8H2,(H,17,20)(H,18,19). The van der Waals surface area contributed by atoms with Crippen LogP contribution in [0.1, 0.15) is 31.2 Å². The Morgan fingerprint density at radius 2 is 2.15 bits per heavy atom. The lowest BCUT2D eigenvalue weighted by Crippen LogP contribution is -2.43. The quantitative estimate of drug-likeness (QED) is 0.767. The van der Waals surface area contributed by atoms with E-state index in [4.69, 9.17) is 0 Å². The van der Waals surface area contributed by atoms with Crippen LogP contribution in [0.2, 0.25) is 0 Å². The summed E-state index contributed by atoms with van der Waals surface area (Å²) in [6.07, 6.45) is 4.37. The number of hydrogen-bond acceptors (Lipinski definition) is 3. The third-order valence-electron chi connectivity index (χ3n) is 3.90. The number of amides is 2. The molecule has 2 aliphatic rings. The smallest absolute Gasteiger partial charge is 0.241 e. The molecule has 106 valence electrons. The number of aryl methyl sites for hydroxylation is 1. The first-order valence-electron chi connectivity index (χ1n) is 7.19. The van der Waals surface area contributed by atoms with Gasteiger partial charge >= 0.3 is 0 Å². The van der Waals surface area contributed by atoms with Gasteiger partial charge in [0.2, 0.25) is 11.8 Å². The molecule has 2 amide bonds. The fourth-order valence-electron chi connectivity index (χ4n) is 2.77. The fourth-order valence-corrected chi connectivity index (χ4v) is 2.77. The van der Waals surface area contributed by atoms with Gasteiger partial charge in [-0.15, -0.1) is 0 Å². The summed E-state index contributed by atoms with van der Waals surface area (Å²) in [6, 6.07) is 5.57. The average molecular weight is 273 g/mol. The van der Waals surface area contributed by atoms with Gasteiger partial charge in [-0.05, 0) is 49.6 Å². The van der Waals surface area contributed by atoms with Crippen molar-refractivity contribution in [2.75, 3.05) is 17.2 Å². The highest BCUT2D eigenvalue weighted by atomic mass is 16.2. The van der Waals surface area contributed by atoms with Crippen molar-refractivity contribution in [3.8, 4) is 0 Å². The number of piperidine rings is 1. The van der Waals surface area contributed by atoms with Gasteiger partial charge in [0.25, 0.3) is 0 Å². The highest BCUT2D eigenvalue weighted by Gasteiger charge is 2.21. The average Bonchev–Trinajstić information content (AvgIpc) is 2.48. The topological polar surface area (TPSA) is 70.2 Å². The van der Waals surface area contributed by atoms with Crippen LogP contribution in [0.5, 0.6) is 0 Å².